The van der Waals surface area contributed by atoms with Gasteiger partial charge in [0.15, 0.2) is 0 Å². The molecule has 1 unspecified atom stereocenters. The van der Waals surface area contributed by atoms with Crippen molar-refractivity contribution >= 4 is 63.5 Å². The van der Waals surface area contributed by atoms with Gasteiger partial charge >= 0.3 is 5.97 Å². The van der Waals surface area contributed by atoms with E-state index in [4.69, 9.17) is 39.5 Å². The van der Waals surface area contributed by atoms with Crippen LogP contribution in [0, 0.1) is 0 Å². The number of nitrogens with zero attached hydrogens (tertiary/aromatic N) is 1. The van der Waals surface area contributed by atoms with Crippen molar-refractivity contribution in [3.05, 3.63) is 110 Å². The summed E-state index contributed by atoms with van der Waals surface area (Å²) in [7, 11) is 0. The van der Waals surface area contributed by atoms with Crippen LogP contribution in [0.1, 0.15) is 136 Å². The van der Waals surface area contributed by atoms with Gasteiger partial charge in [0.25, 0.3) is 0 Å². The largest absolute Gasteiger partial charge is 0.489 e. The Bertz CT molecular complexity index is 1930. The van der Waals surface area contributed by atoms with Crippen LogP contribution < -0.4 is 10.1 Å². The second kappa shape index (κ2) is 22.7. The second-order valence-corrected chi connectivity index (χ2v) is 16.0. The van der Waals surface area contributed by atoms with E-state index in [0.29, 0.717) is 44.7 Å². The molecule has 0 saturated heterocycles. The fourth-order valence-corrected chi connectivity index (χ4v) is 7.78. The summed E-state index contributed by atoms with van der Waals surface area (Å²) in [6, 6.07) is 16.5. The SMILES string of the molecule is O=C(O)c1[nH]c2cc(Cl)ccc2c1C1C(=O)NCCCCCCCC/C=C\CCCCCCCCCC(=O)N1Cc1ccc(OCc2ccc(Cl)c(Cl)c2)cc1. The number of fused-ring (bicyclic) bond motifs is 1. The van der Waals surface area contributed by atoms with Crippen molar-refractivity contribution in [1.82, 2.24) is 15.2 Å². The molecule has 0 aliphatic carbocycles. The summed E-state index contributed by atoms with van der Waals surface area (Å²) < 4.78 is 6.01. The number of H-pyrrole nitrogens is 1. The molecule has 0 radical (unpaired) electrons. The average molecular weight is 823 g/mol. The van der Waals surface area contributed by atoms with Gasteiger partial charge in [-0.25, -0.2) is 4.79 Å². The molecule has 2 heterocycles. The van der Waals surface area contributed by atoms with Gasteiger partial charge in [-0.1, -0.05) is 129 Å². The number of aromatic carboxylic acids is 1. The van der Waals surface area contributed by atoms with Gasteiger partial charge in [0.2, 0.25) is 11.8 Å². The monoisotopic (exact) mass is 821 g/mol. The molecule has 2 amide bonds. The summed E-state index contributed by atoms with van der Waals surface area (Å²) >= 11 is 18.6. The van der Waals surface area contributed by atoms with E-state index in [1.165, 1.54) is 32.1 Å². The Kier molecular flexibility index (Phi) is 17.5. The van der Waals surface area contributed by atoms with E-state index < -0.39 is 17.9 Å². The molecule has 0 spiro atoms. The molecule has 0 fully saturated rings. The molecule has 3 aromatic carbocycles. The van der Waals surface area contributed by atoms with Crippen LogP contribution in [0.15, 0.2) is 72.8 Å². The Hall–Kier alpha value is -3.98. The van der Waals surface area contributed by atoms with Gasteiger partial charge in [-0.2, -0.15) is 0 Å². The first-order chi connectivity index (χ1) is 27.2. The fraction of sp³-hybridized carbons (Fsp3) is 0.444. The second-order valence-electron chi connectivity index (χ2n) is 14.7. The van der Waals surface area contributed by atoms with Gasteiger partial charge in [-0.05, 0) is 86.1 Å². The van der Waals surface area contributed by atoms with E-state index in [9.17, 15) is 19.5 Å². The number of hydrogen-bond acceptors (Lipinski definition) is 4. The smallest absolute Gasteiger partial charge is 0.352 e. The predicted octanol–water partition coefficient (Wildman–Crippen LogP) is 12.4. The molecular weight excluding hydrogens is 769 g/mol. The van der Waals surface area contributed by atoms with E-state index in [2.05, 4.69) is 22.5 Å². The third kappa shape index (κ3) is 13.0. The number of carboxylic acid groups (broad SMARTS) is 1. The number of amides is 2. The number of carbonyl (C=O) groups is 3. The normalized spacial score (nSPS) is 18.6. The molecule has 0 bridgehead atoms. The topological polar surface area (TPSA) is 112 Å². The van der Waals surface area contributed by atoms with Crippen LogP contribution in [0.3, 0.4) is 0 Å². The molecule has 1 atom stereocenters. The zero-order valence-electron chi connectivity index (χ0n) is 32.1. The highest BCUT2D eigenvalue weighted by Crippen LogP contribution is 2.36. The Labute approximate surface area is 345 Å². The summed E-state index contributed by atoms with van der Waals surface area (Å²) in [4.78, 5) is 46.3. The Balaban J connectivity index is 1.43. The highest BCUT2D eigenvalue weighted by molar-refractivity contribution is 6.42. The van der Waals surface area contributed by atoms with Gasteiger partial charge in [-0.15, -0.1) is 0 Å². The highest BCUT2D eigenvalue weighted by atomic mass is 35.5. The maximum atomic E-state index is 14.5. The van der Waals surface area contributed by atoms with Crippen LogP contribution in [-0.2, 0) is 22.7 Å². The Morgan fingerprint density at radius 2 is 1.36 bits per heavy atom. The molecule has 3 N–H and O–H groups in total. The van der Waals surface area contributed by atoms with Crippen molar-refractivity contribution in [2.45, 2.75) is 122 Å². The molecule has 1 aromatic heterocycles. The summed E-state index contributed by atoms with van der Waals surface area (Å²) in [5.41, 5.74) is 2.21. The quantitative estimate of drug-likeness (QED) is 0.161. The summed E-state index contributed by atoms with van der Waals surface area (Å²) in [5.74, 6) is -1.25. The molecular formula is C45H54Cl3N3O5. The molecule has 11 heteroatoms. The molecule has 300 valence electrons. The van der Waals surface area contributed by atoms with Gasteiger partial charge in [0, 0.05) is 41.0 Å². The number of halogens is 3. The number of carboxylic acids is 1. The number of ether oxygens (including phenoxy) is 1. The minimum absolute atomic E-state index is 0.0811. The minimum Gasteiger partial charge on any atom is -0.489 e. The lowest BCUT2D eigenvalue weighted by Crippen LogP contribution is -2.44. The Morgan fingerprint density at radius 1 is 0.732 bits per heavy atom. The van der Waals surface area contributed by atoms with Crippen LogP contribution in [0.5, 0.6) is 5.75 Å². The zero-order valence-corrected chi connectivity index (χ0v) is 34.4. The van der Waals surface area contributed by atoms with E-state index >= 15 is 0 Å². The number of carbonyl (C=O) groups excluding carboxylic acids is 2. The minimum atomic E-state index is -1.23. The van der Waals surface area contributed by atoms with Crippen LogP contribution in [-0.4, -0.2) is 39.3 Å². The molecule has 8 nitrogen and oxygen atoms in total. The van der Waals surface area contributed by atoms with E-state index in [1.54, 1.807) is 35.2 Å². The van der Waals surface area contributed by atoms with Gasteiger partial charge in [-0.3, -0.25) is 9.59 Å². The number of allylic oxidation sites excluding steroid dienone is 2. The van der Waals surface area contributed by atoms with Crippen LogP contribution >= 0.6 is 34.8 Å². The maximum Gasteiger partial charge on any atom is 0.352 e. The van der Waals surface area contributed by atoms with Crippen molar-refractivity contribution < 1.29 is 24.2 Å². The van der Waals surface area contributed by atoms with Crippen LogP contribution in [0.4, 0.5) is 0 Å². The molecule has 1 aliphatic heterocycles. The first-order valence-corrected chi connectivity index (χ1v) is 21.3. The third-order valence-corrected chi connectivity index (χ3v) is 11.3. The number of nitrogens with one attached hydrogen (secondary N) is 2. The first kappa shape index (κ1) is 43.1. The summed E-state index contributed by atoms with van der Waals surface area (Å²) in [6.07, 6.45) is 20.8. The van der Waals surface area contributed by atoms with Gasteiger partial charge < -0.3 is 25.0 Å². The standard InChI is InChI=1S/C45H54Cl3N3O5/c46-34-22-25-36-39(29-34)50-42(45(54)55)41(36)43-44(53)49-27-17-15-13-11-9-7-5-3-1-2-4-6-8-10-12-14-16-18-40(52)51(43)30-32-19-23-35(24-20-32)56-31-33-21-26-37(47)38(48)28-33/h1,3,19-26,28-29,43,50H,2,4-18,27,30-31H2,(H,49,53)(H,54,55)/b3-1-. The lowest BCUT2D eigenvalue weighted by atomic mass is 9.98. The average Bonchev–Trinajstić information content (AvgIpc) is 3.55. The van der Waals surface area contributed by atoms with Crippen molar-refractivity contribution in [3.8, 4) is 5.75 Å². The van der Waals surface area contributed by atoms with E-state index in [0.717, 1.165) is 68.9 Å². The fourth-order valence-electron chi connectivity index (χ4n) is 7.28. The van der Waals surface area contributed by atoms with Gasteiger partial charge in [0.1, 0.15) is 24.1 Å². The third-order valence-electron chi connectivity index (χ3n) is 10.4. The number of hydrogen-bond donors (Lipinski definition) is 3. The van der Waals surface area contributed by atoms with Crippen molar-refractivity contribution in [2.24, 2.45) is 0 Å². The molecule has 4 aromatic rings. The molecule has 56 heavy (non-hydrogen) atoms. The summed E-state index contributed by atoms with van der Waals surface area (Å²) in [5, 5.41) is 15.4. The first-order valence-electron chi connectivity index (χ1n) is 20.1. The highest BCUT2D eigenvalue weighted by Gasteiger charge is 2.37. The number of benzene rings is 3. The lowest BCUT2D eigenvalue weighted by Gasteiger charge is -2.32. The van der Waals surface area contributed by atoms with E-state index in [1.807, 2.05) is 30.3 Å². The predicted molar refractivity (Wildman–Crippen MR) is 227 cm³/mol. The van der Waals surface area contributed by atoms with Gasteiger partial charge in [0.05, 0.1) is 10.0 Å². The number of aromatic amines is 1. The maximum absolute atomic E-state index is 14.5. The number of aromatic nitrogens is 1. The van der Waals surface area contributed by atoms with E-state index in [-0.39, 0.29) is 36.7 Å². The molecule has 5 rings (SSSR count). The zero-order chi connectivity index (χ0) is 39.7. The van der Waals surface area contributed by atoms with Crippen LogP contribution in [0.2, 0.25) is 15.1 Å². The van der Waals surface area contributed by atoms with Crippen LogP contribution in [0.25, 0.3) is 10.9 Å². The lowest BCUT2D eigenvalue weighted by molar-refractivity contribution is -0.141. The number of rotatable bonds is 7. The van der Waals surface area contributed by atoms with Crippen molar-refractivity contribution in [3.63, 3.8) is 0 Å². The Morgan fingerprint density at radius 3 is 2.02 bits per heavy atom. The van der Waals surface area contributed by atoms with Crippen molar-refractivity contribution in [2.75, 3.05) is 6.54 Å². The molecule has 1 aliphatic rings. The summed E-state index contributed by atoms with van der Waals surface area (Å²) in [6.45, 7) is 0.780. The van der Waals surface area contributed by atoms with Crippen molar-refractivity contribution in [1.29, 1.82) is 0 Å². The molecule has 0 saturated carbocycles.